The first-order chi connectivity index (χ1) is 16.0. The van der Waals surface area contributed by atoms with E-state index in [1.165, 1.54) is 7.11 Å². The molecule has 2 N–H and O–H groups in total. The van der Waals surface area contributed by atoms with Gasteiger partial charge in [0.2, 0.25) is 0 Å². The molecular formula is C24H27ClN4O4. The lowest BCUT2D eigenvalue weighted by Gasteiger charge is -2.38. The zero-order chi connectivity index (χ0) is 23.4. The van der Waals surface area contributed by atoms with Crippen LogP contribution in [0.4, 0.5) is 10.5 Å². The van der Waals surface area contributed by atoms with Gasteiger partial charge in [0.05, 0.1) is 25.8 Å². The first-order valence-corrected chi connectivity index (χ1v) is 11.1. The lowest BCUT2D eigenvalue weighted by Crippen LogP contribution is -2.51. The predicted molar refractivity (Wildman–Crippen MR) is 127 cm³/mol. The molecule has 1 saturated heterocycles. The summed E-state index contributed by atoms with van der Waals surface area (Å²) < 4.78 is 10.4. The van der Waals surface area contributed by atoms with Crippen molar-refractivity contribution in [3.8, 4) is 5.75 Å². The molecular weight excluding hydrogens is 444 g/mol. The number of nitrogens with one attached hydrogen (secondary N) is 2. The molecule has 0 aliphatic carbocycles. The van der Waals surface area contributed by atoms with Crippen molar-refractivity contribution in [3.05, 3.63) is 70.4 Å². The van der Waals surface area contributed by atoms with Crippen molar-refractivity contribution in [3.63, 3.8) is 0 Å². The molecule has 0 saturated carbocycles. The Bertz CT molecular complexity index is 1070. The minimum atomic E-state index is -0.635. The Labute approximate surface area is 198 Å². The minimum Gasteiger partial charge on any atom is -0.497 e. The van der Waals surface area contributed by atoms with Gasteiger partial charge in [-0.2, -0.15) is 0 Å². The van der Waals surface area contributed by atoms with Crippen LogP contribution in [0.2, 0.25) is 5.02 Å². The van der Waals surface area contributed by atoms with E-state index < -0.39 is 12.0 Å². The van der Waals surface area contributed by atoms with Gasteiger partial charge in [-0.3, -0.25) is 4.90 Å². The smallest absolute Gasteiger partial charge is 0.338 e. The Morgan fingerprint density at radius 1 is 1.09 bits per heavy atom. The average Bonchev–Trinajstić information content (AvgIpc) is 2.83. The SMILES string of the molecule is COC(=O)C1=C(CN2CCN(c3cccc(Cl)c3)CC2)NC(=O)NC1c1cccc(OC)c1. The maximum absolute atomic E-state index is 12.8. The van der Waals surface area contributed by atoms with Crippen LogP contribution < -0.4 is 20.3 Å². The van der Waals surface area contributed by atoms with Gasteiger partial charge in [0, 0.05) is 49.1 Å². The molecule has 2 aromatic rings. The van der Waals surface area contributed by atoms with Crippen LogP contribution in [0.1, 0.15) is 11.6 Å². The van der Waals surface area contributed by atoms with Gasteiger partial charge in [-0.15, -0.1) is 0 Å². The van der Waals surface area contributed by atoms with E-state index in [2.05, 4.69) is 20.4 Å². The van der Waals surface area contributed by atoms with E-state index >= 15 is 0 Å². The molecule has 2 aliphatic heterocycles. The maximum Gasteiger partial charge on any atom is 0.338 e. The first-order valence-electron chi connectivity index (χ1n) is 10.7. The lowest BCUT2D eigenvalue weighted by atomic mass is 9.94. The number of ether oxygens (including phenoxy) is 2. The molecule has 1 unspecified atom stereocenters. The van der Waals surface area contributed by atoms with E-state index in [0.717, 1.165) is 37.4 Å². The highest BCUT2D eigenvalue weighted by Crippen LogP contribution is 2.30. The van der Waals surface area contributed by atoms with Gasteiger partial charge in [-0.05, 0) is 35.9 Å². The van der Waals surface area contributed by atoms with Crippen molar-refractivity contribution >= 4 is 29.3 Å². The predicted octanol–water partition coefficient (Wildman–Crippen LogP) is 2.95. The van der Waals surface area contributed by atoms with Crippen LogP contribution in [-0.4, -0.2) is 63.8 Å². The molecule has 2 heterocycles. The number of carbonyl (C=O) groups excluding carboxylic acids is 2. The topological polar surface area (TPSA) is 83.1 Å². The van der Waals surface area contributed by atoms with Gasteiger partial charge in [0.25, 0.3) is 0 Å². The number of benzene rings is 2. The highest BCUT2D eigenvalue weighted by molar-refractivity contribution is 6.30. The number of halogens is 1. The van der Waals surface area contributed by atoms with Crippen molar-refractivity contribution in [2.75, 3.05) is 51.8 Å². The first kappa shape index (κ1) is 22.9. The molecule has 4 rings (SSSR count). The summed E-state index contributed by atoms with van der Waals surface area (Å²) in [5.41, 5.74) is 2.77. The summed E-state index contributed by atoms with van der Waals surface area (Å²) in [7, 11) is 2.92. The van der Waals surface area contributed by atoms with Gasteiger partial charge >= 0.3 is 12.0 Å². The number of nitrogens with zero attached hydrogens (tertiary/aromatic N) is 2. The van der Waals surface area contributed by atoms with Gasteiger partial charge in [-0.25, -0.2) is 9.59 Å². The summed E-state index contributed by atoms with van der Waals surface area (Å²) in [5, 5.41) is 6.39. The van der Waals surface area contributed by atoms with Gasteiger partial charge in [0.15, 0.2) is 0 Å². The van der Waals surface area contributed by atoms with E-state index in [9.17, 15) is 9.59 Å². The number of carbonyl (C=O) groups is 2. The maximum atomic E-state index is 12.8. The Hall–Kier alpha value is -3.23. The van der Waals surface area contributed by atoms with Gasteiger partial charge in [0.1, 0.15) is 5.75 Å². The van der Waals surface area contributed by atoms with Crippen LogP contribution in [-0.2, 0) is 9.53 Å². The Kier molecular flexibility index (Phi) is 7.05. The molecule has 0 bridgehead atoms. The third kappa shape index (κ3) is 5.23. The van der Waals surface area contributed by atoms with Gasteiger partial charge in [-0.1, -0.05) is 29.8 Å². The van der Waals surface area contributed by atoms with E-state index in [1.807, 2.05) is 42.5 Å². The number of methoxy groups -OCH3 is 2. The fraction of sp³-hybridized carbons (Fsp3) is 0.333. The second-order valence-electron chi connectivity index (χ2n) is 7.93. The van der Waals surface area contributed by atoms with Crippen molar-refractivity contribution in [1.82, 2.24) is 15.5 Å². The Morgan fingerprint density at radius 3 is 2.55 bits per heavy atom. The molecule has 0 spiro atoms. The van der Waals surface area contributed by atoms with Crippen molar-refractivity contribution in [1.29, 1.82) is 0 Å². The second-order valence-corrected chi connectivity index (χ2v) is 8.37. The quantitative estimate of drug-likeness (QED) is 0.632. The van der Waals surface area contributed by atoms with Crippen LogP contribution in [0.15, 0.2) is 59.8 Å². The van der Waals surface area contributed by atoms with Crippen molar-refractivity contribution in [2.24, 2.45) is 0 Å². The fourth-order valence-corrected chi connectivity index (χ4v) is 4.41. The zero-order valence-electron chi connectivity index (χ0n) is 18.6. The molecule has 1 fully saturated rings. The minimum absolute atomic E-state index is 0.358. The second kappa shape index (κ2) is 10.1. The van der Waals surface area contributed by atoms with Crippen LogP contribution in [0.25, 0.3) is 0 Å². The zero-order valence-corrected chi connectivity index (χ0v) is 19.4. The molecule has 2 aliphatic rings. The largest absolute Gasteiger partial charge is 0.497 e. The summed E-state index contributed by atoms with van der Waals surface area (Å²) in [5.74, 6) is 0.158. The Balaban J connectivity index is 1.55. The molecule has 33 heavy (non-hydrogen) atoms. The molecule has 9 heteroatoms. The summed E-state index contributed by atoms with van der Waals surface area (Å²) in [4.78, 5) is 29.8. The number of urea groups is 1. The van der Waals surface area contributed by atoms with E-state index in [0.29, 0.717) is 28.6 Å². The standard InChI is InChI=1S/C24H27ClN4O4/c1-32-19-8-3-5-16(13-19)22-21(23(30)33-2)20(26-24(31)27-22)15-28-9-11-29(12-10-28)18-7-4-6-17(25)14-18/h3-8,13-14,22H,9-12,15H2,1-2H3,(H2,26,27,31). The number of hydrogen-bond acceptors (Lipinski definition) is 6. The average molecular weight is 471 g/mol. The van der Waals surface area contributed by atoms with Gasteiger partial charge < -0.3 is 25.0 Å². The van der Waals surface area contributed by atoms with Crippen LogP contribution in [0, 0.1) is 0 Å². The number of anilines is 1. The monoisotopic (exact) mass is 470 g/mol. The van der Waals surface area contributed by atoms with Crippen molar-refractivity contribution < 1.29 is 19.1 Å². The molecule has 0 radical (unpaired) electrons. The summed E-state index contributed by atoms with van der Waals surface area (Å²) in [6.07, 6.45) is 0. The number of rotatable bonds is 6. The molecule has 1 atom stereocenters. The normalized spacial score (nSPS) is 19.1. The number of amides is 2. The van der Waals surface area contributed by atoms with Crippen LogP contribution in [0.3, 0.4) is 0 Å². The molecule has 2 aromatic carbocycles. The number of hydrogen-bond donors (Lipinski definition) is 2. The third-order valence-electron chi connectivity index (χ3n) is 5.91. The van der Waals surface area contributed by atoms with E-state index in [4.69, 9.17) is 21.1 Å². The molecule has 8 nitrogen and oxygen atoms in total. The van der Waals surface area contributed by atoms with E-state index in [1.54, 1.807) is 13.2 Å². The summed E-state index contributed by atoms with van der Waals surface area (Å²) in [6.45, 7) is 3.61. The molecule has 0 aromatic heterocycles. The van der Waals surface area contributed by atoms with Crippen LogP contribution >= 0.6 is 11.6 Å². The Morgan fingerprint density at radius 2 is 1.85 bits per heavy atom. The number of esters is 1. The van der Waals surface area contributed by atoms with Crippen molar-refractivity contribution in [2.45, 2.75) is 6.04 Å². The molecule has 174 valence electrons. The molecule has 2 amide bonds. The summed E-state index contributed by atoms with van der Waals surface area (Å²) in [6, 6.07) is 14.1. The fourth-order valence-electron chi connectivity index (χ4n) is 4.23. The number of piperazine rings is 1. The highest BCUT2D eigenvalue weighted by Gasteiger charge is 2.34. The third-order valence-corrected chi connectivity index (χ3v) is 6.15. The lowest BCUT2D eigenvalue weighted by molar-refractivity contribution is -0.136. The van der Waals surface area contributed by atoms with Crippen LogP contribution in [0.5, 0.6) is 5.75 Å². The summed E-state index contributed by atoms with van der Waals surface area (Å²) >= 11 is 6.14. The highest BCUT2D eigenvalue weighted by atomic mass is 35.5. The van der Waals surface area contributed by atoms with E-state index in [-0.39, 0.29) is 6.03 Å².